The number of fused-ring (bicyclic) bond motifs is 2. The standard InChI is InChI=1S/C19H38N4O3/c1-24-11-7-20-3-5-21(6-4-20)8-13-26-14-10-23-17-18-15-19(23)16-22(18)9-12-25-2/h18-19H,3-17H2,1-2H3/t18-,19+/m0/s1. The molecule has 2 bridgehead atoms. The summed E-state index contributed by atoms with van der Waals surface area (Å²) in [7, 11) is 3.57. The molecule has 0 saturated carbocycles. The van der Waals surface area contributed by atoms with Gasteiger partial charge >= 0.3 is 0 Å². The molecule has 0 aromatic carbocycles. The van der Waals surface area contributed by atoms with Crippen LogP contribution in [0.2, 0.25) is 0 Å². The Morgan fingerprint density at radius 1 is 0.654 bits per heavy atom. The predicted octanol–water partition coefficient (Wildman–Crippen LogP) is -0.328. The Balaban J connectivity index is 1.19. The maximum absolute atomic E-state index is 5.94. The number of ether oxygens (including phenoxy) is 3. The minimum absolute atomic E-state index is 0.737. The van der Waals surface area contributed by atoms with E-state index in [-0.39, 0.29) is 0 Å². The highest BCUT2D eigenvalue weighted by Crippen LogP contribution is 2.29. The fourth-order valence-corrected chi connectivity index (χ4v) is 4.52. The first-order valence-corrected chi connectivity index (χ1v) is 10.3. The van der Waals surface area contributed by atoms with Crippen molar-refractivity contribution < 1.29 is 14.2 Å². The minimum atomic E-state index is 0.737. The Morgan fingerprint density at radius 2 is 1.12 bits per heavy atom. The summed E-state index contributed by atoms with van der Waals surface area (Å²) >= 11 is 0. The van der Waals surface area contributed by atoms with Gasteiger partial charge in [0.05, 0.1) is 26.4 Å². The van der Waals surface area contributed by atoms with Crippen LogP contribution < -0.4 is 0 Å². The van der Waals surface area contributed by atoms with E-state index in [2.05, 4.69) is 19.6 Å². The van der Waals surface area contributed by atoms with Crippen LogP contribution >= 0.6 is 0 Å². The van der Waals surface area contributed by atoms with E-state index in [4.69, 9.17) is 14.2 Å². The van der Waals surface area contributed by atoms with Crippen molar-refractivity contribution in [3.05, 3.63) is 0 Å². The number of hydrogen-bond acceptors (Lipinski definition) is 7. The maximum atomic E-state index is 5.94. The molecule has 3 aliphatic heterocycles. The van der Waals surface area contributed by atoms with Crippen LogP contribution in [0.1, 0.15) is 6.42 Å². The zero-order valence-electron chi connectivity index (χ0n) is 16.8. The summed E-state index contributed by atoms with van der Waals surface area (Å²) in [4.78, 5) is 10.2. The van der Waals surface area contributed by atoms with E-state index in [0.29, 0.717) is 0 Å². The van der Waals surface area contributed by atoms with E-state index < -0.39 is 0 Å². The average Bonchev–Trinajstić information content (AvgIpc) is 3.25. The van der Waals surface area contributed by atoms with Crippen LogP contribution in [0.4, 0.5) is 0 Å². The van der Waals surface area contributed by atoms with Crippen LogP contribution in [0.15, 0.2) is 0 Å². The Kier molecular flexibility index (Phi) is 8.58. The van der Waals surface area contributed by atoms with Gasteiger partial charge in [-0.1, -0.05) is 0 Å². The molecule has 152 valence electrons. The maximum Gasteiger partial charge on any atom is 0.0594 e. The summed E-state index contributed by atoms with van der Waals surface area (Å²) in [5.41, 5.74) is 0. The molecule has 3 fully saturated rings. The van der Waals surface area contributed by atoms with Crippen molar-refractivity contribution in [2.75, 3.05) is 106 Å². The van der Waals surface area contributed by atoms with Crippen molar-refractivity contribution in [1.29, 1.82) is 0 Å². The van der Waals surface area contributed by atoms with E-state index in [1.807, 2.05) is 0 Å². The van der Waals surface area contributed by atoms with Crippen LogP contribution in [-0.2, 0) is 14.2 Å². The Morgan fingerprint density at radius 3 is 1.65 bits per heavy atom. The molecule has 0 spiro atoms. The van der Waals surface area contributed by atoms with E-state index in [9.17, 15) is 0 Å². The van der Waals surface area contributed by atoms with Gasteiger partial charge in [0.1, 0.15) is 0 Å². The van der Waals surface area contributed by atoms with E-state index >= 15 is 0 Å². The van der Waals surface area contributed by atoms with E-state index in [0.717, 1.165) is 90.9 Å². The lowest BCUT2D eigenvalue weighted by Gasteiger charge is -2.35. The van der Waals surface area contributed by atoms with Crippen LogP contribution in [0.5, 0.6) is 0 Å². The second kappa shape index (κ2) is 10.9. The first-order chi connectivity index (χ1) is 12.8. The molecule has 3 rings (SSSR count). The largest absolute Gasteiger partial charge is 0.383 e. The third-order valence-electron chi connectivity index (χ3n) is 6.20. The molecule has 0 aromatic heterocycles. The van der Waals surface area contributed by atoms with Crippen LogP contribution in [0.25, 0.3) is 0 Å². The predicted molar refractivity (Wildman–Crippen MR) is 103 cm³/mol. The summed E-state index contributed by atoms with van der Waals surface area (Å²) in [6.45, 7) is 14.7. The van der Waals surface area contributed by atoms with Crippen molar-refractivity contribution in [2.24, 2.45) is 0 Å². The molecular weight excluding hydrogens is 332 g/mol. The lowest BCUT2D eigenvalue weighted by molar-refractivity contribution is 0.0443. The Labute approximate surface area is 159 Å². The number of nitrogens with zero attached hydrogens (tertiary/aromatic N) is 4. The smallest absolute Gasteiger partial charge is 0.0594 e. The van der Waals surface area contributed by atoms with E-state index in [1.54, 1.807) is 14.2 Å². The minimum Gasteiger partial charge on any atom is -0.383 e. The first-order valence-electron chi connectivity index (χ1n) is 10.3. The van der Waals surface area contributed by atoms with Crippen molar-refractivity contribution in [1.82, 2.24) is 19.6 Å². The van der Waals surface area contributed by atoms with Gasteiger partial charge < -0.3 is 14.2 Å². The van der Waals surface area contributed by atoms with Gasteiger partial charge in [-0.3, -0.25) is 19.6 Å². The number of rotatable bonds is 12. The molecule has 0 N–H and O–H groups in total. The number of piperazine rings is 2. The molecule has 7 nitrogen and oxygen atoms in total. The normalized spacial score (nSPS) is 28.4. The highest BCUT2D eigenvalue weighted by atomic mass is 16.5. The highest BCUT2D eigenvalue weighted by molar-refractivity contribution is 4.99. The topological polar surface area (TPSA) is 40.7 Å². The fourth-order valence-electron chi connectivity index (χ4n) is 4.52. The molecule has 7 heteroatoms. The fraction of sp³-hybridized carbons (Fsp3) is 1.00. The lowest BCUT2D eigenvalue weighted by Crippen LogP contribution is -2.48. The second-order valence-corrected chi connectivity index (χ2v) is 7.81. The zero-order chi connectivity index (χ0) is 18.2. The Hall–Kier alpha value is -0.280. The SMILES string of the molecule is COCCN1CCN(CCOCCN2C[C@@H]3C[C@@H]2CN3CCOC)CC1. The second-order valence-electron chi connectivity index (χ2n) is 7.81. The van der Waals surface area contributed by atoms with Gasteiger partial charge in [-0.25, -0.2) is 0 Å². The summed E-state index contributed by atoms with van der Waals surface area (Å²) < 4.78 is 16.3. The quantitative estimate of drug-likeness (QED) is 0.436. The number of likely N-dealkylation sites (tertiary alicyclic amines) is 2. The van der Waals surface area contributed by atoms with Crippen molar-refractivity contribution in [2.45, 2.75) is 18.5 Å². The summed E-state index contributed by atoms with van der Waals surface area (Å²) in [6, 6.07) is 1.48. The number of hydrogen-bond donors (Lipinski definition) is 0. The first kappa shape index (κ1) is 20.5. The molecule has 26 heavy (non-hydrogen) atoms. The average molecular weight is 371 g/mol. The van der Waals surface area contributed by atoms with Gasteiger partial charge in [-0.05, 0) is 6.42 Å². The van der Waals surface area contributed by atoms with Crippen LogP contribution in [0.3, 0.4) is 0 Å². The van der Waals surface area contributed by atoms with Crippen molar-refractivity contribution in [3.8, 4) is 0 Å². The molecule has 0 unspecified atom stereocenters. The van der Waals surface area contributed by atoms with Crippen molar-refractivity contribution in [3.63, 3.8) is 0 Å². The monoisotopic (exact) mass is 370 g/mol. The van der Waals surface area contributed by atoms with Gasteiger partial charge in [0.25, 0.3) is 0 Å². The molecule has 0 radical (unpaired) electrons. The molecule has 0 aliphatic carbocycles. The molecular formula is C19H38N4O3. The summed E-state index contributed by atoms with van der Waals surface area (Å²) in [5.74, 6) is 0. The molecule has 2 atom stereocenters. The third-order valence-corrected chi connectivity index (χ3v) is 6.20. The third kappa shape index (κ3) is 5.86. The molecule has 3 aliphatic rings. The lowest BCUT2D eigenvalue weighted by atomic mass is 10.2. The Bertz CT molecular complexity index is 393. The van der Waals surface area contributed by atoms with Crippen molar-refractivity contribution >= 4 is 0 Å². The summed E-state index contributed by atoms with van der Waals surface area (Å²) in [5, 5.41) is 0. The van der Waals surface area contributed by atoms with Gasteiger partial charge in [0.15, 0.2) is 0 Å². The zero-order valence-corrected chi connectivity index (χ0v) is 16.8. The van der Waals surface area contributed by atoms with Gasteiger partial charge in [0.2, 0.25) is 0 Å². The molecule has 3 heterocycles. The molecule has 0 aromatic rings. The van der Waals surface area contributed by atoms with E-state index in [1.165, 1.54) is 19.5 Å². The van der Waals surface area contributed by atoms with Gasteiger partial charge in [0, 0.05) is 91.8 Å². The van der Waals surface area contributed by atoms with Crippen LogP contribution in [-0.4, -0.2) is 138 Å². The molecule has 3 saturated heterocycles. The molecule has 0 amide bonds. The van der Waals surface area contributed by atoms with Crippen LogP contribution in [0, 0.1) is 0 Å². The number of methoxy groups -OCH3 is 2. The van der Waals surface area contributed by atoms with Gasteiger partial charge in [-0.2, -0.15) is 0 Å². The highest BCUT2D eigenvalue weighted by Gasteiger charge is 2.42. The summed E-state index contributed by atoms with van der Waals surface area (Å²) in [6.07, 6.45) is 1.33. The van der Waals surface area contributed by atoms with Gasteiger partial charge in [-0.15, -0.1) is 0 Å².